The van der Waals surface area contributed by atoms with E-state index in [-0.39, 0.29) is 35.3 Å². The van der Waals surface area contributed by atoms with Crippen LogP contribution in [0.5, 0.6) is 17.2 Å². The van der Waals surface area contributed by atoms with Gasteiger partial charge in [-0.2, -0.15) is 0 Å². The maximum atomic E-state index is 12.8. The van der Waals surface area contributed by atoms with Crippen LogP contribution in [0.15, 0.2) is 17.1 Å². The maximum absolute atomic E-state index is 12.8. The number of amides is 1. The smallest absolute Gasteiger partial charge is 0.230 e. The highest BCUT2D eigenvalue weighted by molar-refractivity contribution is 14.0. The molecule has 0 radical (unpaired) electrons. The largest absolute Gasteiger partial charge is 0.493 e. The zero-order valence-corrected chi connectivity index (χ0v) is 22.6. The molecule has 1 aromatic carbocycles. The first kappa shape index (κ1) is 28.1. The lowest BCUT2D eigenvalue weighted by Gasteiger charge is -2.29. The molecular formula is C23H39IN4O4. The molecule has 32 heavy (non-hydrogen) atoms. The van der Waals surface area contributed by atoms with Crippen LogP contribution >= 0.6 is 24.0 Å². The van der Waals surface area contributed by atoms with Crippen LogP contribution in [-0.4, -0.2) is 71.8 Å². The highest BCUT2D eigenvalue weighted by Crippen LogP contribution is 2.40. The Hall–Kier alpha value is -1.91. The topological polar surface area (TPSA) is 84.4 Å². The molecule has 1 amide bonds. The molecule has 1 fully saturated rings. The van der Waals surface area contributed by atoms with Crippen LogP contribution in [0.3, 0.4) is 0 Å². The summed E-state index contributed by atoms with van der Waals surface area (Å²) in [6, 6.07) is 3.86. The van der Waals surface area contributed by atoms with Crippen molar-refractivity contribution in [2.75, 3.05) is 55.1 Å². The van der Waals surface area contributed by atoms with E-state index in [0.29, 0.717) is 30.3 Å². The van der Waals surface area contributed by atoms with Crippen molar-refractivity contribution in [3.63, 3.8) is 0 Å². The van der Waals surface area contributed by atoms with Crippen molar-refractivity contribution in [3.8, 4) is 17.2 Å². The van der Waals surface area contributed by atoms with Crippen molar-refractivity contribution >= 4 is 35.8 Å². The van der Waals surface area contributed by atoms with E-state index < -0.39 is 0 Å². The molecule has 0 saturated heterocycles. The molecule has 1 aromatic rings. The van der Waals surface area contributed by atoms with Gasteiger partial charge in [0.15, 0.2) is 17.5 Å². The number of hydrogen-bond acceptors (Lipinski definition) is 5. The Labute approximate surface area is 209 Å². The summed E-state index contributed by atoms with van der Waals surface area (Å²) in [4.78, 5) is 19.3. The fourth-order valence-corrected chi connectivity index (χ4v) is 4.21. The Morgan fingerprint density at radius 2 is 1.72 bits per heavy atom. The van der Waals surface area contributed by atoms with Crippen molar-refractivity contribution < 1.29 is 19.0 Å². The number of hydrogen-bond donors (Lipinski definition) is 2. The van der Waals surface area contributed by atoms with Crippen LogP contribution in [0.4, 0.5) is 0 Å². The van der Waals surface area contributed by atoms with Crippen LogP contribution in [0, 0.1) is 5.41 Å². The van der Waals surface area contributed by atoms with E-state index >= 15 is 0 Å². The summed E-state index contributed by atoms with van der Waals surface area (Å²) in [5.74, 6) is 2.80. The van der Waals surface area contributed by atoms with Crippen LogP contribution in [0.1, 0.15) is 38.2 Å². The first-order chi connectivity index (χ1) is 14.9. The van der Waals surface area contributed by atoms with E-state index in [1.165, 1.54) is 0 Å². The molecular weight excluding hydrogens is 523 g/mol. The van der Waals surface area contributed by atoms with E-state index in [2.05, 4.69) is 10.6 Å². The normalized spacial score (nSPS) is 14.9. The number of aliphatic imine (C=N–C) groups is 1. The number of rotatable bonds is 10. The molecule has 0 heterocycles. The Morgan fingerprint density at radius 1 is 1.06 bits per heavy atom. The summed E-state index contributed by atoms with van der Waals surface area (Å²) in [5.41, 5.74) is 0.636. The Bertz CT molecular complexity index is 765. The average Bonchev–Trinajstić information content (AvgIpc) is 3.26. The predicted octanol–water partition coefficient (Wildman–Crippen LogP) is 3.08. The molecule has 0 atom stereocenters. The molecule has 1 aliphatic carbocycles. The second kappa shape index (κ2) is 13.6. The van der Waals surface area contributed by atoms with Gasteiger partial charge in [-0.05, 0) is 32.3 Å². The van der Waals surface area contributed by atoms with Gasteiger partial charge < -0.3 is 29.7 Å². The highest BCUT2D eigenvalue weighted by Gasteiger charge is 2.42. The maximum Gasteiger partial charge on any atom is 0.230 e. The standard InChI is InChI=1S/C23H38N4O4.HI/c1-7-24-22(26-16-23(13-8-9-14-23)21(28)27(2)3)25-15-12-17-10-11-18(29-4)20(31-6)19(17)30-5;/h10-11H,7-9,12-16H2,1-6H3,(H2,24,25,26);1H. The molecule has 1 saturated carbocycles. The number of carbonyl (C=O) groups is 1. The van der Waals surface area contributed by atoms with Crippen LogP contribution in [0.2, 0.25) is 0 Å². The summed E-state index contributed by atoms with van der Waals surface area (Å²) in [6.07, 6.45) is 4.68. The van der Waals surface area contributed by atoms with Gasteiger partial charge >= 0.3 is 0 Å². The van der Waals surface area contributed by atoms with Gasteiger partial charge in [-0.3, -0.25) is 9.79 Å². The number of benzene rings is 1. The predicted molar refractivity (Wildman–Crippen MR) is 139 cm³/mol. The first-order valence-electron chi connectivity index (χ1n) is 10.9. The first-order valence-corrected chi connectivity index (χ1v) is 10.9. The van der Waals surface area contributed by atoms with Gasteiger partial charge in [0.1, 0.15) is 0 Å². The number of halogens is 1. The second-order valence-corrected chi connectivity index (χ2v) is 8.05. The third kappa shape index (κ3) is 6.79. The molecule has 8 nitrogen and oxygen atoms in total. The van der Waals surface area contributed by atoms with Crippen molar-refractivity contribution in [1.29, 1.82) is 0 Å². The fraction of sp³-hybridized carbons (Fsp3) is 0.652. The third-order valence-electron chi connectivity index (χ3n) is 5.78. The lowest BCUT2D eigenvalue weighted by molar-refractivity contribution is -0.138. The number of nitrogens with one attached hydrogen (secondary N) is 2. The van der Waals surface area contributed by atoms with Crippen molar-refractivity contribution in [3.05, 3.63) is 17.7 Å². The van der Waals surface area contributed by atoms with Gasteiger partial charge in [-0.25, -0.2) is 0 Å². The van der Waals surface area contributed by atoms with E-state index in [1.807, 2.05) is 33.2 Å². The monoisotopic (exact) mass is 562 g/mol. The van der Waals surface area contributed by atoms with E-state index in [4.69, 9.17) is 19.2 Å². The minimum atomic E-state index is -0.377. The number of nitrogens with zero attached hydrogens (tertiary/aromatic N) is 2. The molecule has 0 spiro atoms. The Kier molecular flexibility index (Phi) is 11.9. The van der Waals surface area contributed by atoms with Crippen molar-refractivity contribution in [1.82, 2.24) is 15.5 Å². The lowest BCUT2D eigenvalue weighted by Crippen LogP contribution is -2.43. The molecule has 2 N–H and O–H groups in total. The van der Waals surface area contributed by atoms with Gasteiger partial charge in [-0.1, -0.05) is 18.9 Å². The highest BCUT2D eigenvalue weighted by atomic mass is 127. The fourth-order valence-electron chi connectivity index (χ4n) is 4.21. The van der Waals surface area contributed by atoms with Gasteiger partial charge in [0, 0.05) is 32.7 Å². The van der Waals surface area contributed by atoms with Gasteiger partial charge in [0.2, 0.25) is 11.7 Å². The van der Waals surface area contributed by atoms with Crippen LogP contribution < -0.4 is 24.8 Å². The van der Waals surface area contributed by atoms with Gasteiger partial charge in [-0.15, -0.1) is 24.0 Å². The van der Waals surface area contributed by atoms with Crippen molar-refractivity contribution in [2.24, 2.45) is 10.4 Å². The number of ether oxygens (including phenoxy) is 3. The second-order valence-electron chi connectivity index (χ2n) is 8.05. The molecule has 0 bridgehead atoms. The Balaban J connectivity index is 0.00000512. The van der Waals surface area contributed by atoms with Crippen molar-refractivity contribution in [2.45, 2.75) is 39.0 Å². The Morgan fingerprint density at radius 3 is 2.25 bits per heavy atom. The molecule has 9 heteroatoms. The molecule has 0 aromatic heterocycles. The lowest BCUT2D eigenvalue weighted by atomic mass is 9.85. The zero-order valence-electron chi connectivity index (χ0n) is 20.2. The molecule has 2 rings (SSSR count). The third-order valence-corrected chi connectivity index (χ3v) is 5.78. The SMILES string of the molecule is CCNC(=NCC1(C(=O)N(C)C)CCCC1)NCCc1ccc(OC)c(OC)c1OC.I. The molecule has 0 unspecified atom stereocenters. The summed E-state index contributed by atoms with van der Waals surface area (Å²) in [7, 11) is 8.49. The number of methoxy groups -OCH3 is 3. The minimum Gasteiger partial charge on any atom is -0.493 e. The van der Waals surface area contributed by atoms with Gasteiger partial charge in [0.05, 0.1) is 33.3 Å². The molecule has 1 aliphatic rings. The summed E-state index contributed by atoms with van der Waals surface area (Å²) in [6.45, 7) is 3.94. The van der Waals surface area contributed by atoms with E-state index in [9.17, 15) is 4.79 Å². The molecule has 0 aliphatic heterocycles. The summed E-state index contributed by atoms with van der Waals surface area (Å²) < 4.78 is 16.4. The quantitative estimate of drug-likeness (QED) is 0.259. The zero-order chi connectivity index (χ0) is 22.9. The van der Waals surface area contributed by atoms with Gasteiger partial charge in [0.25, 0.3) is 0 Å². The van der Waals surface area contributed by atoms with Crippen LogP contribution in [-0.2, 0) is 11.2 Å². The average molecular weight is 562 g/mol. The molecule has 182 valence electrons. The number of carbonyl (C=O) groups excluding carboxylic acids is 1. The summed E-state index contributed by atoms with van der Waals surface area (Å²) in [5, 5.41) is 6.67. The minimum absolute atomic E-state index is 0. The van der Waals surface area contributed by atoms with Crippen LogP contribution in [0.25, 0.3) is 0 Å². The summed E-state index contributed by atoms with van der Waals surface area (Å²) >= 11 is 0. The number of guanidine groups is 1. The van der Waals surface area contributed by atoms with E-state index in [1.54, 1.807) is 26.2 Å². The van der Waals surface area contributed by atoms with E-state index in [0.717, 1.165) is 50.2 Å².